The summed E-state index contributed by atoms with van der Waals surface area (Å²) >= 11 is 0. The van der Waals surface area contributed by atoms with Crippen LogP contribution in [0.15, 0.2) is 29.5 Å². The van der Waals surface area contributed by atoms with Gasteiger partial charge >= 0.3 is 6.03 Å². The van der Waals surface area contributed by atoms with Gasteiger partial charge in [0.15, 0.2) is 0 Å². The third-order valence-corrected chi connectivity index (χ3v) is 5.68. The first-order valence-electron chi connectivity index (χ1n) is 10.8. The van der Waals surface area contributed by atoms with Crippen LogP contribution < -0.4 is 21.3 Å². The third-order valence-electron chi connectivity index (χ3n) is 5.68. The number of aromatic nitrogens is 3. The maximum atomic E-state index is 11.7. The maximum Gasteiger partial charge on any atom is 0.317 e. The number of amides is 2. The normalized spacial score (nSPS) is 16.5. The van der Waals surface area contributed by atoms with Gasteiger partial charge in [-0.05, 0) is 13.0 Å². The molecule has 0 aliphatic carbocycles. The highest BCUT2D eigenvalue weighted by Crippen LogP contribution is 2.32. The van der Waals surface area contributed by atoms with Gasteiger partial charge < -0.3 is 31.1 Å². The van der Waals surface area contributed by atoms with Crippen LogP contribution in [-0.4, -0.2) is 89.1 Å². The van der Waals surface area contributed by atoms with E-state index in [2.05, 4.69) is 35.5 Å². The van der Waals surface area contributed by atoms with Crippen molar-refractivity contribution < 1.29 is 4.79 Å². The number of rotatable bonds is 5. The molecular formula is C21H27N11O. The van der Waals surface area contributed by atoms with Gasteiger partial charge in [-0.1, -0.05) is 6.07 Å². The summed E-state index contributed by atoms with van der Waals surface area (Å²) in [6, 6.07) is 3.80. The van der Waals surface area contributed by atoms with Gasteiger partial charge in [0.2, 0.25) is 18.1 Å². The van der Waals surface area contributed by atoms with Crippen LogP contribution >= 0.6 is 0 Å². The van der Waals surface area contributed by atoms with Crippen molar-refractivity contribution in [1.29, 1.82) is 5.26 Å². The number of aliphatic imine (C=N–C) groups is 1. The van der Waals surface area contributed by atoms with Crippen molar-refractivity contribution in [2.24, 2.45) is 4.99 Å². The van der Waals surface area contributed by atoms with Crippen LogP contribution in [0.5, 0.6) is 0 Å². The summed E-state index contributed by atoms with van der Waals surface area (Å²) in [6.07, 6.45) is 5.40. The molecule has 2 aromatic rings. The molecule has 2 saturated heterocycles. The molecule has 4 rings (SSSR count). The number of guanidine groups is 1. The van der Waals surface area contributed by atoms with Crippen molar-refractivity contribution >= 4 is 23.8 Å². The molecule has 0 aromatic carbocycles. The number of anilines is 2. The van der Waals surface area contributed by atoms with Crippen molar-refractivity contribution in [3.8, 4) is 17.3 Å². The summed E-state index contributed by atoms with van der Waals surface area (Å²) in [5, 5.41) is 15.1. The predicted molar refractivity (Wildman–Crippen MR) is 124 cm³/mol. The van der Waals surface area contributed by atoms with Crippen LogP contribution in [0.1, 0.15) is 5.69 Å². The van der Waals surface area contributed by atoms with Crippen LogP contribution in [0.2, 0.25) is 0 Å². The number of nitriles is 1. The van der Waals surface area contributed by atoms with E-state index in [4.69, 9.17) is 11.0 Å². The van der Waals surface area contributed by atoms with Gasteiger partial charge in [0.05, 0.1) is 5.69 Å². The number of pyridine rings is 1. The molecule has 2 fully saturated rings. The Kier molecular flexibility index (Phi) is 6.68. The molecule has 0 bridgehead atoms. The molecule has 2 amide bonds. The number of nitrogens with zero attached hydrogens (tertiary/aromatic N) is 8. The molecule has 4 N–H and O–H groups in total. The van der Waals surface area contributed by atoms with Gasteiger partial charge in [-0.2, -0.15) is 10.2 Å². The summed E-state index contributed by atoms with van der Waals surface area (Å²) in [5.74, 6) is 1.53. The van der Waals surface area contributed by atoms with Crippen molar-refractivity contribution in [3.05, 3.63) is 30.2 Å². The van der Waals surface area contributed by atoms with Crippen LogP contribution in [0.25, 0.3) is 11.1 Å². The number of aryl methyl sites for hydroxylation is 1. The molecular weight excluding hydrogens is 422 g/mol. The zero-order valence-corrected chi connectivity index (χ0v) is 18.5. The zero-order chi connectivity index (χ0) is 23.2. The summed E-state index contributed by atoms with van der Waals surface area (Å²) in [4.78, 5) is 34.7. The summed E-state index contributed by atoms with van der Waals surface area (Å²) < 4.78 is 0. The molecule has 2 aliphatic rings. The predicted octanol–water partition coefficient (Wildman–Crippen LogP) is 0.00310. The second kappa shape index (κ2) is 9.99. The fraction of sp³-hybridized carbons (Fsp3) is 0.429. The van der Waals surface area contributed by atoms with Crippen LogP contribution in [0, 0.1) is 18.4 Å². The molecule has 33 heavy (non-hydrogen) atoms. The number of hydrogen-bond donors (Lipinski definition) is 3. The summed E-state index contributed by atoms with van der Waals surface area (Å²) in [7, 11) is 0. The number of urea groups is 1. The standard InChI is InChI=1S/C21H27N11O/c1-15-17(16-3-2-4-24-13-16)18(29-19(23)28-15)30-9-11-31(12-10-30)20(27-14-22)25-5-7-32-8-6-26-21(32)33/h2-4,13H,5-12H2,1H3,(H,25,27)(H,26,33)(H2,23,28,29). The molecule has 4 heterocycles. The summed E-state index contributed by atoms with van der Waals surface area (Å²) in [6.45, 7) is 6.96. The largest absolute Gasteiger partial charge is 0.368 e. The average Bonchev–Trinajstić information content (AvgIpc) is 3.23. The van der Waals surface area contributed by atoms with E-state index in [0.717, 1.165) is 22.6 Å². The lowest BCUT2D eigenvalue weighted by Crippen LogP contribution is -2.53. The van der Waals surface area contributed by atoms with Gasteiger partial charge in [0.1, 0.15) is 5.82 Å². The van der Waals surface area contributed by atoms with Crippen molar-refractivity contribution in [2.45, 2.75) is 6.92 Å². The topological polar surface area (TPSA) is 152 Å². The molecule has 12 heteroatoms. The minimum Gasteiger partial charge on any atom is -0.368 e. The lowest BCUT2D eigenvalue weighted by molar-refractivity contribution is 0.218. The van der Waals surface area contributed by atoms with E-state index in [1.165, 1.54) is 0 Å². The molecule has 0 radical (unpaired) electrons. The van der Waals surface area contributed by atoms with Gasteiger partial charge in [-0.25, -0.2) is 9.78 Å². The maximum absolute atomic E-state index is 11.7. The first kappa shape index (κ1) is 22.1. The lowest BCUT2D eigenvalue weighted by Gasteiger charge is -2.37. The van der Waals surface area contributed by atoms with E-state index in [-0.39, 0.29) is 12.0 Å². The number of hydrogen-bond acceptors (Lipinski definition) is 8. The van der Waals surface area contributed by atoms with Crippen LogP contribution in [0.4, 0.5) is 16.6 Å². The van der Waals surface area contributed by atoms with Gasteiger partial charge in [0.25, 0.3) is 0 Å². The number of carbonyl (C=O) groups is 1. The van der Waals surface area contributed by atoms with Gasteiger partial charge in [0, 0.05) is 75.9 Å². The quantitative estimate of drug-likeness (QED) is 0.325. The molecule has 2 aromatic heterocycles. The Morgan fingerprint density at radius 3 is 2.79 bits per heavy atom. The molecule has 0 atom stereocenters. The lowest BCUT2D eigenvalue weighted by atomic mass is 10.1. The van der Waals surface area contributed by atoms with Crippen molar-refractivity contribution in [2.75, 3.05) is 63.0 Å². The Hall–Kier alpha value is -4.14. The fourth-order valence-corrected chi connectivity index (χ4v) is 4.08. The molecule has 12 nitrogen and oxygen atoms in total. The van der Waals surface area contributed by atoms with E-state index in [9.17, 15) is 4.79 Å². The molecule has 2 aliphatic heterocycles. The van der Waals surface area contributed by atoms with E-state index in [0.29, 0.717) is 58.3 Å². The number of nitrogen functional groups attached to an aromatic ring is 1. The third kappa shape index (κ3) is 5.03. The first-order valence-corrected chi connectivity index (χ1v) is 10.8. The number of nitrogens with one attached hydrogen (secondary N) is 2. The van der Waals surface area contributed by atoms with Gasteiger partial charge in [-0.3, -0.25) is 4.98 Å². The Morgan fingerprint density at radius 2 is 2.12 bits per heavy atom. The highest BCUT2D eigenvalue weighted by molar-refractivity contribution is 5.82. The molecule has 172 valence electrons. The second-order valence-corrected chi connectivity index (χ2v) is 7.76. The highest BCUT2D eigenvalue weighted by atomic mass is 16.2. The Labute approximate surface area is 192 Å². The zero-order valence-electron chi connectivity index (χ0n) is 18.5. The molecule has 0 unspecified atom stereocenters. The minimum absolute atomic E-state index is 0.0620. The second-order valence-electron chi connectivity index (χ2n) is 7.76. The van der Waals surface area contributed by atoms with Crippen LogP contribution in [-0.2, 0) is 0 Å². The summed E-state index contributed by atoms with van der Waals surface area (Å²) in [5.41, 5.74) is 8.62. The number of nitrogens with two attached hydrogens (primary N) is 1. The van der Waals surface area contributed by atoms with E-state index in [1.807, 2.05) is 30.1 Å². The van der Waals surface area contributed by atoms with E-state index in [1.54, 1.807) is 17.3 Å². The van der Waals surface area contributed by atoms with E-state index < -0.39 is 0 Å². The monoisotopic (exact) mass is 449 g/mol. The molecule has 0 saturated carbocycles. The minimum atomic E-state index is -0.0620. The average molecular weight is 450 g/mol. The van der Waals surface area contributed by atoms with Crippen molar-refractivity contribution in [3.63, 3.8) is 0 Å². The number of piperazine rings is 1. The Morgan fingerprint density at radius 1 is 1.30 bits per heavy atom. The smallest absolute Gasteiger partial charge is 0.317 e. The van der Waals surface area contributed by atoms with Gasteiger partial charge in [-0.15, -0.1) is 4.99 Å². The highest BCUT2D eigenvalue weighted by Gasteiger charge is 2.25. The number of carbonyl (C=O) groups excluding carboxylic acids is 1. The van der Waals surface area contributed by atoms with Crippen molar-refractivity contribution in [1.82, 2.24) is 35.4 Å². The SMILES string of the molecule is Cc1nc(N)nc(N2CCN(/C(=N\C#N)NCCN3CCNC3=O)CC2)c1-c1cccnc1. The fourth-order valence-electron chi connectivity index (χ4n) is 4.08. The van der Waals surface area contributed by atoms with Crippen LogP contribution in [0.3, 0.4) is 0 Å². The van der Waals surface area contributed by atoms with E-state index >= 15 is 0 Å². The molecule has 0 spiro atoms. The Balaban J connectivity index is 1.43. The first-order chi connectivity index (χ1) is 16.1. The Bertz CT molecular complexity index is 1060.